The monoisotopic (exact) mass is 392 g/mol. The summed E-state index contributed by atoms with van der Waals surface area (Å²) >= 11 is 11.9. The van der Waals surface area contributed by atoms with Gasteiger partial charge in [-0.25, -0.2) is 13.1 Å². The maximum absolute atomic E-state index is 12.2. The van der Waals surface area contributed by atoms with E-state index in [0.717, 1.165) is 37.9 Å². The van der Waals surface area contributed by atoms with Gasteiger partial charge in [-0.2, -0.15) is 0 Å². The van der Waals surface area contributed by atoms with E-state index in [1.54, 1.807) is 26.8 Å². The third-order valence-corrected chi connectivity index (χ3v) is 7.48. The second-order valence-electron chi connectivity index (χ2n) is 7.46. The molecule has 0 bridgehead atoms. The Kier molecular flexibility index (Phi) is 6.46. The highest BCUT2D eigenvalue weighted by molar-refractivity contribution is 7.90. The fraction of sp³-hybridized carbons (Fsp3) is 0.647. The molecule has 0 radical (unpaired) electrons. The molecule has 0 saturated heterocycles. The molecule has 1 aliphatic carbocycles. The molecule has 4 nitrogen and oxygen atoms in total. The lowest BCUT2D eigenvalue weighted by molar-refractivity contribution is 0.322. The second kappa shape index (κ2) is 7.81. The van der Waals surface area contributed by atoms with Gasteiger partial charge in [0.2, 0.25) is 10.0 Å². The third kappa shape index (κ3) is 5.25. The quantitative estimate of drug-likeness (QED) is 0.764. The minimum absolute atomic E-state index is 0.0513. The predicted molar refractivity (Wildman–Crippen MR) is 103 cm³/mol. The summed E-state index contributed by atoms with van der Waals surface area (Å²) in [5.74, 6) is 0.537. The largest absolute Gasteiger partial charge is 0.385 e. The van der Waals surface area contributed by atoms with Crippen molar-refractivity contribution in [3.8, 4) is 0 Å². The number of benzene rings is 1. The molecule has 136 valence electrons. The van der Waals surface area contributed by atoms with Crippen molar-refractivity contribution in [2.24, 2.45) is 5.92 Å². The SMILES string of the molecule is CC(C)(C)S(=O)(=O)N[C@H]1CC[C@H](CNc2ccc(Cl)c(Cl)c2)CC1. The van der Waals surface area contributed by atoms with E-state index in [1.807, 2.05) is 12.1 Å². The van der Waals surface area contributed by atoms with Crippen LogP contribution in [0.1, 0.15) is 46.5 Å². The first-order valence-electron chi connectivity index (χ1n) is 8.29. The Balaban J connectivity index is 1.80. The Morgan fingerprint density at radius 1 is 1.08 bits per heavy atom. The van der Waals surface area contributed by atoms with E-state index in [9.17, 15) is 8.42 Å². The van der Waals surface area contributed by atoms with Crippen LogP contribution in [0.4, 0.5) is 5.69 Å². The Morgan fingerprint density at radius 2 is 1.71 bits per heavy atom. The molecule has 0 spiro atoms. The van der Waals surface area contributed by atoms with Gasteiger partial charge in [-0.1, -0.05) is 23.2 Å². The molecule has 0 aliphatic heterocycles. The molecule has 0 heterocycles. The summed E-state index contributed by atoms with van der Waals surface area (Å²) in [5.41, 5.74) is 0.958. The molecule has 1 aromatic rings. The zero-order chi connectivity index (χ0) is 18.0. The second-order valence-corrected chi connectivity index (χ2v) is 10.7. The van der Waals surface area contributed by atoms with Gasteiger partial charge in [0.05, 0.1) is 14.8 Å². The fourth-order valence-corrected chi connectivity index (χ4v) is 4.08. The third-order valence-electron chi connectivity index (χ3n) is 4.49. The van der Waals surface area contributed by atoms with E-state index in [4.69, 9.17) is 23.2 Å². The van der Waals surface area contributed by atoms with Gasteiger partial charge in [0.1, 0.15) is 0 Å². The summed E-state index contributed by atoms with van der Waals surface area (Å²) in [6, 6.07) is 5.57. The van der Waals surface area contributed by atoms with Crippen LogP contribution in [0.5, 0.6) is 0 Å². The molecule has 0 atom stereocenters. The summed E-state index contributed by atoms with van der Waals surface area (Å²) in [5, 5.41) is 4.48. The van der Waals surface area contributed by atoms with Crippen LogP contribution in [0.2, 0.25) is 10.0 Å². The van der Waals surface area contributed by atoms with E-state index >= 15 is 0 Å². The van der Waals surface area contributed by atoms with Crippen molar-refractivity contribution in [2.75, 3.05) is 11.9 Å². The Labute approximate surface area is 155 Å². The topological polar surface area (TPSA) is 58.2 Å². The summed E-state index contributed by atoms with van der Waals surface area (Å²) in [4.78, 5) is 0. The van der Waals surface area contributed by atoms with E-state index in [0.29, 0.717) is 16.0 Å². The molecular weight excluding hydrogens is 367 g/mol. The fourth-order valence-electron chi connectivity index (χ4n) is 2.75. The molecule has 1 fully saturated rings. The lowest BCUT2D eigenvalue weighted by Crippen LogP contribution is -2.46. The molecular formula is C17H26Cl2N2O2S. The summed E-state index contributed by atoms with van der Waals surface area (Å²) in [6.45, 7) is 6.03. The molecule has 1 aliphatic rings. The van der Waals surface area contributed by atoms with E-state index in [-0.39, 0.29) is 6.04 Å². The molecule has 2 N–H and O–H groups in total. The van der Waals surface area contributed by atoms with Crippen molar-refractivity contribution < 1.29 is 8.42 Å². The minimum atomic E-state index is -3.27. The lowest BCUT2D eigenvalue weighted by atomic mass is 9.86. The van der Waals surface area contributed by atoms with Crippen molar-refractivity contribution in [3.63, 3.8) is 0 Å². The zero-order valence-electron chi connectivity index (χ0n) is 14.4. The average Bonchev–Trinajstić information content (AvgIpc) is 2.48. The van der Waals surface area contributed by atoms with E-state index in [1.165, 1.54) is 0 Å². The van der Waals surface area contributed by atoms with Gasteiger partial charge in [-0.15, -0.1) is 0 Å². The van der Waals surface area contributed by atoms with Gasteiger partial charge >= 0.3 is 0 Å². The molecule has 0 amide bonds. The van der Waals surface area contributed by atoms with Crippen LogP contribution in [0.25, 0.3) is 0 Å². The van der Waals surface area contributed by atoms with Gasteiger partial charge in [-0.05, 0) is 70.6 Å². The smallest absolute Gasteiger partial charge is 0.216 e. The van der Waals surface area contributed by atoms with Crippen LogP contribution in [-0.2, 0) is 10.0 Å². The first kappa shape index (κ1) is 19.8. The van der Waals surface area contributed by atoms with E-state index in [2.05, 4.69) is 10.0 Å². The van der Waals surface area contributed by atoms with Crippen LogP contribution in [-0.4, -0.2) is 25.8 Å². The Bertz CT molecular complexity index is 664. The zero-order valence-corrected chi connectivity index (χ0v) is 16.7. The normalized spacial score (nSPS) is 22.4. The minimum Gasteiger partial charge on any atom is -0.385 e. The van der Waals surface area contributed by atoms with E-state index < -0.39 is 14.8 Å². The molecule has 2 rings (SSSR count). The van der Waals surface area contributed by atoms with Crippen LogP contribution in [0.15, 0.2) is 18.2 Å². The maximum atomic E-state index is 12.2. The molecule has 0 aromatic heterocycles. The van der Waals surface area contributed by atoms with Crippen molar-refractivity contribution in [1.29, 1.82) is 0 Å². The highest BCUT2D eigenvalue weighted by atomic mass is 35.5. The van der Waals surface area contributed by atoms with Crippen molar-refractivity contribution >= 4 is 38.9 Å². The lowest BCUT2D eigenvalue weighted by Gasteiger charge is -2.31. The summed E-state index contributed by atoms with van der Waals surface area (Å²) < 4.78 is 26.5. The number of nitrogens with one attached hydrogen (secondary N) is 2. The molecule has 1 saturated carbocycles. The van der Waals surface area contributed by atoms with Crippen LogP contribution in [0.3, 0.4) is 0 Å². The number of hydrogen-bond donors (Lipinski definition) is 2. The van der Waals surface area contributed by atoms with Crippen molar-refractivity contribution in [3.05, 3.63) is 28.2 Å². The maximum Gasteiger partial charge on any atom is 0.216 e. The highest BCUT2D eigenvalue weighted by Gasteiger charge is 2.32. The predicted octanol–water partition coefficient (Wildman–Crippen LogP) is 4.68. The average molecular weight is 393 g/mol. The summed E-state index contributed by atoms with van der Waals surface area (Å²) in [7, 11) is -3.27. The molecule has 0 unspecified atom stereocenters. The van der Waals surface area contributed by atoms with Crippen LogP contribution < -0.4 is 10.0 Å². The van der Waals surface area contributed by atoms with Gasteiger partial charge in [-0.3, -0.25) is 0 Å². The Morgan fingerprint density at radius 3 is 2.25 bits per heavy atom. The number of halogens is 2. The number of anilines is 1. The van der Waals surface area contributed by atoms with Crippen LogP contribution >= 0.6 is 23.2 Å². The van der Waals surface area contributed by atoms with Gasteiger partial charge in [0, 0.05) is 18.3 Å². The molecule has 24 heavy (non-hydrogen) atoms. The van der Waals surface area contributed by atoms with Crippen molar-refractivity contribution in [1.82, 2.24) is 4.72 Å². The van der Waals surface area contributed by atoms with Gasteiger partial charge in [0.25, 0.3) is 0 Å². The summed E-state index contributed by atoms with van der Waals surface area (Å²) in [6.07, 6.45) is 3.77. The van der Waals surface area contributed by atoms with Gasteiger partial charge < -0.3 is 5.32 Å². The highest BCUT2D eigenvalue weighted by Crippen LogP contribution is 2.28. The van der Waals surface area contributed by atoms with Crippen LogP contribution in [0, 0.1) is 5.92 Å². The van der Waals surface area contributed by atoms with Crippen molar-refractivity contribution in [2.45, 2.75) is 57.2 Å². The standard InChI is InChI=1S/C17H26Cl2N2O2S/c1-17(2,3)24(22,23)21-13-6-4-12(5-7-13)11-20-14-8-9-15(18)16(19)10-14/h8-10,12-13,20-21H,4-7,11H2,1-3H3/t12-,13-. The molecule has 1 aromatic carbocycles. The number of hydrogen-bond acceptors (Lipinski definition) is 3. The molecule has 7 heteroatoms. The van der Waals surface area contributed by atoms with Gasteiger partial charge in [0.15, 0.2) is 0 Å². The first-order chi connectivity index (χ1) is 11.1. The first-order valence-corrected chi connectivity index (χ1v) is 10.5. The number of rotatable bonds is 5. The number of sulfonamides is 1. The Hall–Kier alpha value is -0.490.